The van der Waals surface area contributed by atoms with Crippen molar-refractivity contribution >= 4 is 40.0 Å². The Morgan fingerprint density at radius 1 is 1.21 bits per heavy atom. The summed E-state index contributed by atoms with van der Waals surface area (Å²) in [6.45, 7) is 4.97. The van der Waals surface area contributed by atoms with Crippen LogP contribution in [-0.4, -0.2) is 70.4 Å². The van der Waals surface area contributed by atoms with E-state index in [1.54, 1.807) is 4.31 Å². The molecule has 3 fully saturated rings. The molecule has 170 valence electrons. The van der Waals surface area contributed by atoms with Crippen molar-refractivity contribution in [2.45, 2.75) is 70.4 Å². The molecule has 1 heterocycles. The molecule has 3 aliphatic rings. The Labute approximate surface area is 193 Å². The molecule has 0 aromatic heterocycles. The molecule has 2 saturated carbocycles. The van der Waals surface area contributed by atoms with Crippen LogP contribution in [0.5, 0.6) is 0 Å². The zero-order valence-corrected chi connectivity index (χ0v) is 21.3. The molecule has 2 aliphatic carbocycles. The molecule has 29 heavy (non-hydrogen) atoms. The Morgan fingerprint density at radius 3 is 2.41 bits per heavy atom. The molecule has 1 spiro atoms. The van der Waals surface area contributed by atoms with Crippen LogP contribution in [0.1, 0.15) is 58.3 Å². The van der Waals surface area contributed by atoms with E-state index in [4.69, 9.17) is 4.74 Å². The van der Waals surface area contributed by atoms with Crippen molar-refractivity contribution < 1.29 is 13.2 Å². The Bertz CT molecular complexity index is 644. The van der Waals surface area contributed by atoms with Crippen molar-refractivity contribution in [1.82, 2.24) is 14.9 Å². The summed E-state index contributed by atoms with van der Waals surface area (Å²) in [4.78, 5) is 4.44. The number of nitrogens with one attached hydrogen (secondary N) is 2. The summed E-state index contributed by atoms with van der Waals surface area (Å²) in [5.74, 6) is 1.35. The van der Waals surface area contributed by atoms with Gasteiger partial charge in [-0.05, 0) is 44.9 Å². The highest BCUT2D eigenvalue weighted by Crippen LogP contribution is 2.53. The third-order valence-corrected chi connectivity index (χ3v) is 8.38. The van der Waals surface area contributed by atoms with Crippen molar-refractivity contribution in [2.75, 3.05) is 39.5 Å². The highest BCUT2D eigenvalue weighted by atomic mass is 127. The smallest absolute Gasteiger partial charge is 0.211 e. The van der Waals surface area contributed by atoms with Gasteiger partial charge in [0.2, 0.25) is 10.0 Å². The molecule has 0 amide bonds. The minimum Gasteiger partial charge on any atom is -0.378 e. The second-order valence-electron chi connectivity index (χ2n) is 8.73. The van der Waals surface area contributed by atoms with Gasteiger partial charge in [0.25, 0.3) is 0 Å². The largest absolute Gasteiger partial charge is 0.378 e. The van der Waals surface area contributed by atoms with Gasteiger partial charge in [-0.2, -0.15) is 0 Å². The first-order valence-corrected chi connectivity index (χ1v) is 12.8. The zero-order valence-electron chi connectivity index (χ0n) is 18.2. The average Bonchev–Trinajstić information content (AvgIpc) is 2.70. The molecule has 0 aromatic carbocycles. The van der Waals surface area contributed by atoms with Crippen molar-refractivity contribution in [3.8, 4) is 0 Å². The second-order valence-corrected chi connectivity index (χ2v) is 10.7. The van der Waals surface area contributed by atoms with Crippen molar-refractivity contribution in [3.63, 3.8) is 0 Å². The minimum absolute atomic E-state index is 0. The van der Waals surface area contributed by atoms with Gasteiger partial charge in [-0.25, -0.2) is 12.7 Å². The summed E-state index contributed by atoms with van der Waals surface area (Å²) in [7, 11) is -1.23. The van der Waals surface area contributed by atoms with Gasteiger partial charge in [0.05, 0.1) is 12.4 Å². The van der Waals surface area contributed by atoms with E-state index in [1.807, 2.05) is 7.05 Å². The first-order valence-electron chi connectivity index (χ1n) is 10.9. The summed E-state index contributed by atoms with van der Waals surface area (Å²) in [5.41, 5.74) is 0.271. The average molecular weight is 543 g/mol. The number of halogens is 1. The fraction of sp³-hybridized carbons (Fsp3) is 0.950. The van der Waals surface area contributed by atoms with Crippen molar-refractivity contribution in [1.29, 1.82) is 0 Å². The molecule has 1 aliphatic heterocycles. The third-order valence-electron chi connectivity index (χ3n) is 7.07. The van der Waals surface area contributed by atoms with E-state index in [0.717, 1.165) is 38.4 Å². The lowest BCUT2D eigenvalue weighted by molar-refractivity contribution is -0.145. The minimum atomic E-state index is -3.06. The van der Waals surface area contributed by atoms with Crippen LogP contribution in [0, 0.1) is 11.3 Å². The number of hydrogen-bond donors (Lipinski definition) is 2. The molecule has 2 N–H and O–H groups in total. The summed E-state index contributed by atoms with van der Waals surface area (Å²) >= 11 is 0. The number of sulfonamides is 1. The summed E-state index contributed by atoms with van der Waals surface area (Å²) in [5, 5.41) is 7.17. The van der Waals surface area contributed by atoms with Crippen LogP contribution in [-0.2, 0) is 14.8 Å². The zero-order chi connectivity index (χ0) is 20.2. The molecule has 9 heteroatoms. The van der Waals surface area contributed by atoms with Crippen molar-refractivity contribution in [2.24, 2.45) is 16.3 Å². The van der Waals surface area contributed by atoms with Gasteiger partial charge < -0.3 is 15.4 Å². The Kier molecular flexibility index (Phi) is 9.49. The molecule has 2 atom stereocenters. The van der Waals surface area contributed by atoms with Crippen molar-refractivity contribution in [3.05, 3.63) is 0 Å². The molecule has 2 unspecified atom stereocenters. The molecule has 0 aromatic rings. The Morgan fingerprint density at radius 2 is 1.86 bits per heavy atom. The summed E-state index contributed by atoms with van der Waals surface area (Å²) < 4.78 is 31.0. The van der Waals surface area contributed by atoms with E-state index in [9.17, 15) is 8.42 Å². The second kappa shape index (κ2) is 10.9. The molecule has 3 rings (SSSR count). The van der Waals surface area contributed by atoms with Gasteiger partial charge in [-0.3, -0.25) is 4.99 Å². The van der Waals surface area contributed by atoms with Gasteiger partial charge in [-0.15, -0.1) is 24.0 Å². The lowest BCUT2D eigenvalue weighted by atomic mass is 9.55. The van der Waals surface area contributed by atoms with Gasteiger partial charge in [0.1, 0.15) is 0 Å². The lowest BCUT2D eigenvalue weighted by Gasteiger charge is -2.58. The number of ether oxygens (including phenoxy) is 1. The van der Waals surface area contributed by atoms with Gasteiger partial charge in [0.15, 0.2) is 5.96 Å². The van der Waals surface area contributed by atoms with Crippen LogP contribution < -0.4 is 10.6 Å². The molecule has 7 nitrogen and oxygen atoms in total. The van der Waals surface area contributed by atoms with Gasteiger partial charge >= 0.3 is 0 Å². The van der Waals surface area contributed by atoms with E-state index < -0.39 is 10.0 Å². The number of piperidine rings is 1. The molecule has 0 radical (unpaired) electrons. The molecular formula is C20H39IN4O3S. The third kappa shape index (κ3) is 5.98. The highest BCUT2D eigenvalue weighted by molar-refractivity contribution is 14.0. The number of aliphatic imine (C=N–C) groups is 1. The standard InChI is InChI=1S/C20H38N4O3S.HI/c1-4-27-18-14-17(20(18)10-6-5-7-11-20)23-19(21-2)22-15-16-8-12-24(13-9-16)28(3,25)26;/h16-18H,4-15H2,1-3H3,(H2,21,22,23);1H. The SMILES string of the molecule is CCOC1CC(NC(=NC)NCC2CCN(S(C)(=O)=O)CC2)C12CCCCC2.I. The first kappa shape index (κ1) is 25.1. The highest BCUT2D eigenvalue weighted by Gasteiger charge is 2.55. The fourth-order valence-electron chi connectivity index (χ4n) is 5.31. The number of rotatable bonds is 6. The van der Waals surface area contributed by atoms with Crippen LogP contribution >= 0.6 is 24.0 Å². The maximum Gasteiger partial charge on any atom is 0.211 e. The van der Waals surface area contributed by atoms with Crippen LogP contribution in [0.4, 0.5) is 0 Å². The van der Waals surface area contributed by atoms with E-state index >= 15 is 0 Å². The normalized spacial score (nSPS) is 28.4. The van der Waals surface area contributed by atoms with E-state index in [2.05, 4.69) is 22.5 Å². The number of guanidine groups is 1. The van der Waals surface area contributed by atoms with Gasteiger partial charge in [-0.1, -0.05) is 19.3 Å². The first-order chi connectivity index (χ1) is 13.4. The number of hydrogen-bond acceptors (Lipinski definition) is 4. The van der Waals surface area contributed by atoms with E-state index in [-0.39, 0.29) is 29.4 Å². The summed E-state index contributed by atoms with van der Waals surface area (Å²) in [6, 6.07) is 0.433. The maximum absolute atomic E-state index is 11.7. The molecular weight excluding hydrogens is 503 g/mol. The monoisotopic (exact) mass is 542 g/mol. The molecule has 0 bridgehead atoms. The predicted octanol–water partition coefficient (Wildman–Crippen LogP) is 2.57. The topological polar surface area (TPSA) is 83.0 Å². The van der Waals surface area contributed by atoms with Crippen LogP contribution in [0.3, 0.4) is 0 Å². The Hall–Kier alpha value is -0.130. The van der Waals surface area contributed by atoms with Crippen LogP contribution in [0.15, 0.2) is 4.99 Å². The predicted molar refractivity (Wildman–Crippen MR) is 128 cm³/mol. The van der Waals surface area contributed by atoms with Crippen LogP contribution in [0.2, 0.25) is 0 Å². The van der Waals surface area contributed by atoms with Crippen LogP contribution in [0.25, 0.3) is 0 Å². The number of nitrogens with zero attached hydrogens (tertiary/aromatic N) is 2. The molecule has 1 saturated heterocycles. The Balaban J connectivity index is 0.00000300. The van der Waals surface area contributed by atoms with E-state index in [1.165, 1.54) is 38.4 Å². The van der Waals surface area contributed by atoms with Gasteiger partial charge in [0, 0.05) is 44.7 Å². The van der Waals surface area contributed by atoms with E-state index in [0.29, 0.717) is 31.2 Å². The lowest BCUT2D eigenvalue weighted by Crippen LogP contribution is -2.66. The fourth-order valence-corrected chi connectivity index (χ4v) is 6.19. The quantitative estimate of drug-likeness (QED) is 0.306. The summed E-state index contributed by atoms with van der Waals surface area (Å²) in [6.07, 6.45) is 11.0. The maximum atomic E-state index is 11.7.